The maximum absolute atomic E-state index is 11.8. The number of ether oxygens (including phenoxy) is 2. The first-order chi connectivity index (χ1) is 15.6. The third-order valence-corrected chi connectivity index (χ3v) is 4.34. The second-order valence-electron chi connectivity index (χ2n) is 6.74. The number of furan rings is 1. The van der Waals surface area contributed by atoms with Crippen LogP contribution in [0, 0.1) is 10.1 Å². The molecule has 3 heterocycles. The highest BCUT2D eigenvalue weighted by molar-refractivity contribution is 5.83. The van der Waals surface area contributed by atoms with Crippen LogP contribution in [0.15, 0.2) is 21.7 Å². The van der Waals surface area contributed by atoms with Crippen molar-refractivity contribution < 1.29 is 53.6 Å². The van der Waals surface area contributed by atoms with Gasteiger partial charge in [0.25, 0.3) is 0 Å². The molecule has 2 aliphatic rings. The van der Waals surface area contributed by atoms with Crippen LogP contribution < -0.4 is 0 Å². The Balaban J connectivity index is 0.000000328. The Labute approximate surface area is 185 Å². The number of amides is 1. The molecule has 2 fully saturated rings. The van der Waals surface area contributed by atoms with E-state index < -0.39 is 35.2 Å². The zero-order valence-corrected chi connectivity index (χ0v) is 17.1. The minimum absolute atomic E-state index is 0.195. The molecule has 0 aliphatic carbocycles. The Morgan fingerprint density at radius 1 is 1.21 bits per heavy atom. The molecule has 1 aromatic heterocycles. The topological polar surface area (TPSA) is 226 Å². The van der Waals surface area contributed by atoms with E-state index in [0.29, 0.717) is 26.3 Å². The SMILES string of the molecule is O=C(O)[C@H](O)[C@@H](O)C(=O)O.O=C1OC(CN2CCOCC2)CN1/N=C\c1ccc([N+](=O)[O-])o1. The van der Waals surface area contributed by atoms with Crippen LogP contribution in [-0.2, 0) is 19.1 Å². The van der Waals surface area contributed by atoms with Crippen molar-refractivity contribution in [2.45, 2.75) is 18.3 Å². The highest BCUT2D eigenvalue weighted by Crippen LogP contribution is 2.16. The summed E-state index contributed by atoms with van der Waals surface area (Å²) in [4.78, 5) is 43.4. The molecule has 2 aliphatic heterocycles. The van der Waals surface area contributed by atoms with Gasteiger partial charge in [0.05, 0.1) is 32.0 Å². The number of nitro groups is 1. The van der Waals surface area contributed by atoms with Crippen LogP contribution in [0.4, 0.5) is 10.7 Å². The van der Waals surface area contributed by atoms with Gasteiger partial charge in [0, 0.05) is 19.6 Å². The quantitative estimate of drug-likeness (QED) is 0.192. The molecular formula is C17H22N4O12. The van der Waals surface area contributed by atoms with Crippen molar-refractivity contribution in [2.24, 2.45) is 5.10 Å². The van der Waals surface area contributed by atoms with Crippen molar-refractivity contribution in [3.63, 3.8) is 0 Å². The van der Waals surface area contributed by atoms with Crippen LogP contribution >= 0.6 is 0 Å². The Morgan fingerprint density at radius 2 is 1.82 bits per heavy atom. The van der Waals surface area contributed by atoms with Crippen molar-refractivity contribution in [1.29, 1.82) is 0 Å². The number of morpholine rings is 1. The molecule has 0 radical (unpaired) electrons. The molecule has 1 aromatic rings. The lowest BCUT2D eigenvalue weighted by Crippen LogP contribution is -2.41. The minimum Gasteiger partial charge on any atom is -0.479 e. The number of hydrazone groups is 1. The average molecular weight is 474 g/mol. The lowest BCUT2D eigenvalue weighted by atomic mass is 10.2. The van der Waals surface area contributed by atoms with Gasteiger partial charge in [-0.1, -0.05) is 0 Å². The number of hydrogen-bond donors (Lipinski definition) is 4. The lowest BCUT2D eigenvalue weighted by Gasteiger charge is -2.27. The van der Waals surface area contributed by atoms with Gasteiger partial charge in [-0.2, -0.15) is 10.1 Å². The van der Waals surface area contributed by atoms with Gasteiger partial charge in [0.2, 0.25) is 0 Å². The van der Waals surface area contributed by atoms with E-state index in [4.69, 9.17) is 34.3 Å². The van der Waals surface area contributed by atoms with E-state index in [2.05, 4.69) is 10.0 Å². The standard InChI is InChI=1S/C13H16N4O6.C4H6O6/c18-13-16(14-7-10-1-2-12(22-10)17(19)20)9-11(23-13)8-15-3-5-21-6-4-15;5-1(3(7)8)2(6)4(9)10/h1-2,7,11H,3-6,8-9H2;1-2,5-6H,(H,7,8)(H,9,10)/b14-7-;/t;1-,2-/m.1/s1. The summed E-state index contributed by atoms with van der Waals surface area (Å²) in [7, 11) is 0. The molecule has 0 spiro atoms. The first-order valence-electron chi connectivity index (χ1n) is 9.46. The highest BCUT2D eigenvalue weighted by Gasteiger charge is 2.33. The zero-order valence-electron chi connectivity index (χ0n) is 17.1. The number of rotatable bonds is 8. The summed E-state index contributed by atoms with van der Waals surface area (Å²) in [5, 5.41) is 48.2. The molecule has 182 valence electrons. The fraction of sp³-hybridized carbons (Fsp3) is 0.529. The van der Waals surface area contributed by atoms with Gasteiger partial charge in [-0.25, -0.2) is 14.4 Å². The minimum atomic E-state index is -2.27. The van der Waals surface area contributed by atoms with Crippen molar-refractivity contribution in [2.75, 3.05) is 39.4 Å². The summed E-state index contributed by atoms with van der Waals surface area (Å²) in [5.74, 6) is -3.72. The second-order valence-corrected chi connectivity index (χ2v) is 6.74. The van der Waals surface area contributed by atoms with Crippen LogP contribution in [0.25, 0.3) is 0 Å². The smallest absolute Gasteiger partial charge is 0.433 e. The van der Waals surface area contributed by atoms with Gasteiger partial charge in [0.15, 0.2) is 18.0 Å². The summed E-state index contributed by atoms with van der Waals surface area (Å²) in [6, 6.07) is 2.64. The molecule has 1 unspecified atom stereocenters. The maximum Gasteiger partial charge on any atom is 0.433 e. The number of carboxylic acid groups (broad SMARTS) is 2. The summed E-state index contributed by atoms with van der Waals surface area (Å²) in [5.41, 5.74) is 0. The Kier molecular flexibility index (Phi) is 9.22. The summed E-state index contributed by atoms with van der Waals surface area (Å²) < 4.78 is 15.5. The van der Waals surface area contributed by atoms with Gasteiger partial charge in [-0.05, 0) is 6.07 Å². The summed E-state index contributed by atoms with van der Waals surface area (Å²) in [6.07, 6.45) is -4.08. The molecule has 0 saturated carbocycles. The number of carboxylic acids is 2. The van der Waals surface area contributed by atoms with Crippen molar-refractivity contribution in [3.8, 4) is 0 Å². The first-order valence-corrected chi connectivity index (χ1v) is 9.46. The largest absolute Gasteiger partial charge is 0.479 e. The molecule has 2 saturated heterocycles. The number of cyclic esters (lactones) is 1. The number of carbonyl (C=O) groups excluding carboxylic acids is 1. The molecule has 16 nitrogen and oxygen atoms in total. The molecule has 1 amide bonds. The van der Waals surface area contributed by atoms with Crippen molar-refractivity contribution >= 4 is 30.1 Å². The molecule has 33 heavy (non-hydrogen) atoms. The van der Waals surface area contributed by atoms with Gasteiger partial charge in [-0.3, -0.25) is 15.0 Å². The van der Waals surface area contributed by atoms with Gasteiger partial charge >= 0.3 is 23.9 Å². The van der Waals surface area contributed by atoms with Crippen LogP contribution in [0.3, 0.4) is 0 Å². The number of hydrogen-bond acceptors (Lipinski definition) is 12. The predicted molar refractivity (Wildman–Crippen MR) is 104 cm³/mol. The molecule has 3 atom stereocenters. The fourth-order valence-electron chi connectivity index (χ4n) is 2.68. The number of aliphatic carboxylic acids is 2. The van der Waals surface area contributed by atoms with Crippen LogP contribution in [0.1, 0.15) is 5.76 Å². The molecule has 0 aromatic carbocycles. The maximum atomic E-state index is 11.8. The van der Waals surface area contributed by atoms with Crippen molar-refractivity contribution in [3.05, 3.63) is 28.0 Å². The van der Waals surface area contributed by atoms with E-state index in [0.717, 1.165) is 13.1 Å². The second kappa shape index (κ2) is 11.9. The molecule has 4 N–H and O–H groups in total. The van der Waals surface area contributed by atoms with E-state index in [1.54, 1.807) is 0 Å². The van der Waals surface area contributed by atoms with E-state index >= 15 is 0 Å². The highest BCUT2D eigenvalue weighted by atomic mass is 16.6. The molecule has 16 heteroatoms. The Morgan fingerprint density at radius 3 is 2.33 bits per heavy atom. The molecule has 3 rings (SSSR count). The van der Waals surface area contributed by atoms with E-state index in [-0.39, 0.29) is 17.7 Å². The number of carbonyl (C=O) groups is 3. The average Bonchev–Trinajstić information content (AvgIpc) is 3.38. The zero-order chi connectivity index (χ0) is 24.5. The normalized spacial score (nSPS) is 20.6. The van der Waals surface area contributed by atoms with Crippen molar-refractivity contribution in [1.82, 2.24) is 9.91 Å². The van der Waals surface area contributed by atoms with E-state index in [1.807, 2.05) is 0 Å². The van der Waals surface area contributed by atoms with Crippen LogP contribution in [0.2, 0.25) is 0 Å². The fourth-order valence-corrected chi connectivity index (χ4v) is 2.68. The van der Waals surface area contributed by atoms with Crippen LogP contribution in [-0.4, -0.2) is 117 Å². The Bertz CT molecular complexity index is 863. The van der Waals surface area contributed by atoms with E-state index in [9.17, 15) is 24.5 Å². The van der Waals surface area contributed by atoms with Gasteiger partial charge in [-0.15, -0.1) is 0 Å². The van der Waals surface area contributed by atoms with E-state index in [1.165, 1.54) is 23.4 Å². The van der Waals surface area contributed by atoms with Gasteiger partial charge < -0.3 is 34.3 Å². The predicted octanol–water partition coefficient (Wildman–Crippen LogP) is -1.45. The van der Waals surface area contributed by atoms with Gasteiger partial charge in [0.1, 0.15) is 11.0 Å². The first kappa shape index (κ1) is 25.7. The lowest BCUT2D eigenvalue weighted by molar-refractivity contribution is -0.402. The van der Waals surface area contributed by atoms with Crippen LogP contribution in [0.5, 0.6) is 0 Å². The Hall–Kier alpha value is -3.60. The summed E-state index contributed by atoms with van der Waals surface area (Å²) in [6.45, 7) is 3.95. The number of aliphatic hydroxyl groups is 2. The third kappa shape index (κ3) is 7.79. The molecule has 0 bridgehead atoms. The monoisotopic (exact) mass is 474 g/mol. The number of aliphatic hydroxyl groups excluding tert-OH is 2. The molecular weight excluding hydrogens is 452 g/mol. The third-order valence-electron chi connectivity index (χ3n) is 4.34. The number of nitrogens with zero attached hydrogens (tertiary/aromatic N) is 4. The summed E-state index contributed by atoms with van der Waals surface area (Å²) >= 11 is 0.